The van der Waals surface area contributed by atoms with Gasteiger partial charge in [0.1, 0.15) is 5.75 Å². The van der Waals surface area contributed by atoms with Gasteiger partial charge in [-0.05, 0) is 36.6 Å². The molecule has 0 aliphatic carbocycles. The number of methoxy groups -OCH3 is 1. The van der Waals surface area contributed by atoms with Crippen LogP contribution in [0.25, 0.3) is 0 Å². The minimum Gasteiger partial charge on any atom is -0.496 e. The highest BCUT2D eigenvalue weighted by Crippen LogP contribution is 2.47. The van der Waals surface area contributed by atoms with Crippen LogP contribution >= 0.6 is 24.2 Å². The van der Waals surface area contributed by atoms with Crippen molar-refractivity contribution in [1.82, 2.24) is 0 Å². The Morgan fingerprint density at radius 3 is 2.45 bits per heavy atom. The average Bonchev–Trinajstić information content (AvgIpc) is 2.62. The van der Waals surface area contributed by atoms with Crippen LogP contribution < -0.4 is 10.5 Å². The minimum atomic E-state index is -0.331. The summed E-state index contributed by atoms with van der Waals surface area (Å²) in [6, 6.07) is 14.9. The summed E-state index contributed by atoms with van der Waals surface area (Å²) < 4.78 is 5.57. The van der Waals surface area contributed by atoms with Gasteiger partial charge in [-0.25, -0.2) is 0 Å². The summed E-state index contributed by atoms with van der Waals surface area (Å²) in [4.78, 5) is 1.22. The molecule has 1 atom stereocenters. The second kappa shape index (κ2) is 6.53. The van der Waals surface area contributed by atoms with Crippen LogP contribution in [-0.2, 0) is 5.75 Å². The Balaban J connectivity index is 0.00000176. The summed E-state index contributed by atoms with van der Waals surface area (Å²) in [7, 11) is 1.73. The van der Waals surface area contributed by atoms with Crippen LogP contribution in [-0.4, -0.2) is 12.6 Å². The first-order chi connectivity index (χ1) is 10.0. The van der Waals surface area contributed by atoms with E-state index in [2.05, 4.69) is 50.2 Å². The molecule has 1 unspecified atom stereocenters. The normalized spacial score (nSPS) is 16.8. The quantitative estimate of drug-likeness (QED) is 0.871. The number of rotatable bonds is 2. The van der Waals surface area contributed by atoms with Crippen molar-refractivity contribution in [2.24, 2.45) is 5.73 Å². The van der Waals surface area contributed by atoms with E-state index in [0.29, 0.717) is 0 Å². The van der Waals surface area contributed by atoms with E-state index in [9.17, 15) is 0 Å². The first-order valence-electron chi connectivity index (χ1n) is 7.18. The summed E-state index contributed by atoms with van der Waals surface area (Å²) in [6.07, 6.45) is 0. The first-order valence-corrected chi connectivity index (χ1v) is 8.17. The van der Waals surface area contributed by atoms with Gasteiger partial charge in [-0.15, -0.1) is 24.2 Å². The van der Waals surface area contributed by atoms with Crippen LogP contribution in [0.15, 0.2) is 47.4 Å². The average molecular weight is 336 g/mol. The number of benzene rings is 2. The molecule has 2 aromatic carbocycles. The third kappa shape index (κ3) is 2.98. The number of nitrogens with two attached hydrogens (primary N) is 1. The highest BCUT2D eigenvalue weighted by Gasteiger charge is 2.34. The number of hydrogen-bond donors (Lipinski definition) is 1. The molecule has 22 heavy (non-hydrogen) atoms. The van der Waals surface area contributed by atoms with E-state index < -0.39 is 0 Å². The standard InChI is InChI=1S/C18H21NOS.ClH/c1-18(2,19)16-13-8-5-4-7-12(13)11-21-17-14(16)9-6-10-15(17)20-3;/h4-10,16H,11,19H2,1-3H3;1H. The van der Waals surface area contributed by atoms with Crippen molar-refractivity contribution < 1.29 is 4.74 Å². The maximum Gasteiger partial charge on any atom is 0.132 e. The zero-order chi connectivity index (χ0) is 15.0. The molecular weight excluding hydrogens is 314 g/mol. The molecule has 0 saturated heterocycles. The molecule has 4 heteroatoms. The molecule has 1 aliphatic heterocycles. The highest BCUT2D eigenvalue weighted by molar-refractivity contribution is 7.98. The number of fused-ring (bicyclic) bond motifs is 2. The van der Waals surface area contributed by atoms with Gasteiger partial charge < -0.3 is 10.5 Å². The van der Waals surface area contributed by atoms with Crippen LogP contribution in [0, 0.1) is 0 Å². The summed E-state index contributed by atoms with van der Waals surface area (Å²) in [5.74, 6) is 2.07. The number of hydrogen-bond acceptors (Lipinski definition) is 3. The Hall–Kier alpha value is -1.16. The first kappa shape index (κ1) is 17.2. The lowest BCUT2D eigenvalue weighted by molar-refractivity contribution is 0.398. The lowest BCUT2D eigenvalue weighted by atomic mass is 9.76. The Labute approximate surface area is 142 Å². The molecule has 118 valence electrons. The molecule has 0 saturated carbocycles. The Kier molecular flexibility index (Phi) is 5.10. The van der Waals surface area contributed by atoms with Crippen LogP contribution in [0.3, 0.4) is 0 Å². The molecule has 1 heterocycles. The van der Waals surface area contributed by atoms with E-state index in [1.165, 1.54) is 21.6 Å². The van der Waals surface area contributed by atoms with E-state index in [1.807, 2.05) is 17.8 Å². The maximum atomic E-state index is 6.55. The molecule has 0 bridgehead atoms. The van der Waals surface area contributed by atoms with Gasteiger partial charge in [0.15, 0.2) is 0 Å². The van der Waals surface area contributed by atoms with Crippen molar-refractivity contribution in [2.45, 2.75) is 36.0 Å². The van der Waals surface area contributed by atoms with Crippen LogP contribution in [0.5, 0.6) is 5.75 Å². The summed E-state index contributed by atoms with van der Waals surface area (Å²) >= 11 is 1.84. The predicted molar refractivity (Wildman–Crippen MR) is 96.4 cm³/mol. The Morgan fingerprint density at radius 1 is 1.09 bits per heavy atom. The number of thioether (sulfide) groups is 1. The Morgan fingerprint density at radius 2 is 1.77 bits per heavy atom. The van der Waals surface area contributed by atoms with Gasteiger partial charge in [-0.1, -0.05) is 36.4 Å². The fourth-order valence-electron chi connectivity index (χ4n) is 3.14. The SMILES string of the molecule is COc1cccc2c1SCc1ccccc1C2C(C)(C)N.Cl. The maximum absolute atomic E-state index is 6.55. The van der Waals surface area contributed by atoms with E-state index in [4.69, 9.17) is 10.5 Å². The van der Waals surface area contributed by atoms with Crippen LogP contribution in [0.4, 0.5) is 0 Å². The topological polar surface area (TPSA) is 35.2 Å². The zero-order valence-electron chi connectivity index (χ0n) is 13.1. The molecule has 0 fully saturated rings. The summed E-state index contributed by atoms with van der Waals surface area (Å²) in [5, 5.41) is 0. The monoisotopic (exact) mass is 335 g/mol. The molecular formula is C18H22ClNOS. The molecule has 0 spiro atoms. The van der Waals surface area contributed by atoms with Gasteiger partial charge in [0.2, 0.25) is 0 Å². The van der Waals surface area contributed by atoms with Gasteiger partial charge in [-0.2, -0.15) is 0 Å². The smallest absolute Gasteiger partial charge is 0.132 e. The fourth-order valence-corrected chi connectivity index (χ4v) is 4.35. The fraction of sp³-hybridized carbons (Fsp3) is 0.333. The molecule has 0 aromatic heterocycles. The second-order valence-electron chi connectivity index (χ2n) is 6.12. The van der Waals surface area contributed by atoms with E-state index in [-0.39, 0.29) is 23.9 Å². The lowest BCUT2D eigenvalue weighted by Gasteiger charge is -2.32. The number of ether oxygens (including phenoxy) is 1. The van der Waals surface area contributed by atoms with Crippen LogP contribution in [0.2, 0.25) is 0 Å². The molecule has 3 rings (SSSR count). The van der Waals surface area contributed by atoms with Gasteiger partial charge in [-0.3, -0.25) is 0 Å². The van der Waals surface area contributed by atoms with Crippen LogP contribution in [0.1, 0.15) is 36.5 Å². The van der Waals surface area contributed by atoms with Gasteiger partial charge >= 0.3 is 0 Å². The zero-order valence-corrected chi connectivity index (χ0v) is 14.8. The molecule has 0 radical (unpaired) electrons. The van der Waals surface area contributed by atoms with E-state index in [0.717, 1.165) is 11.5 Å². The lowest BCUT2D eigenvalue weighted by Crippen LogP contribution is -2.40. The summed E-state index contributed by atoms with van der Waals surface area (Å²) in [6.45, 7) is 4.21. The molecule has 0 amide bonds. The van der Waals surface area contributed by atoms with Crippen molar-refractivity contribution >= 4 is 24.2 Å². The van der Waals surface area contributed by atoms with Crippen molar-refractivity contribution in [2.75, 3.05) is 7.11 Å². The second-order valence-corrected chi connectivity index (χ2v) is 7.11. The van der Waals surface area contributed by atoms with Crippen molar-refractivity contribution in [1.29, 1.82) is 0 Å². The van der Waals surface area contributed by atoms with Gasteiger partial charge in [0.25, 0.3) is 0 Å². The van der Waals surface area contributed by atoms with Crippen molar-refractivity contribution in [3.8, 4) is 5.75 Å². The van der Waals surface area contributed by atoms with Gasteiger partial charge in [0, 0.05) is 17.2 Å². The summed E-state index contributed by atoms with van der Waals surface area (Å²) in [5.41, 5.74) is 10.2. The van der Waals surface area contributed by atoms with E-state index >= 15 is 0 Å². The Bertz CT molecular complexity index is 666. The molecule has 2 nitrogen and oxygen atoms in total. The van der Waals surface area contributed by atoms with Crippen molar-refractivity contribution in [3.63, 3.8) is 0 Å². The largest absolute Gasteiger partial charge is 0.496 e. The van der Waals surface area contributed by atoms with Crippen molar-refractivity contribution in [3.05, 3.63) is 59.2 Å². The third-order valence-electron chi connectivity index (χ3n) is 4.02. The molecule has 2 aromatic rings. The predicted octanol–water partition coefficient (Wildman–Crippen LogP) is 4.59. The molecule has 2 N–H and O–H groups in total. The highest BCUT2D eigenvalue weighted by atomic mass is 35.5. The number of halogens is 1. The minimum absolute atomic E-state index is 0. The van der Waals surface area contributed by atoms with Gasteiger partial charge in [0.05, 0.1) is 12.0 Å². The molecule has 1 aliphatic rings. The third-order valence-corrected chi connectivity index (χ3v) is 5.20. The van der Waals surface area contributed by atoms with E-state index in [1.54, 1.807) is 7.11 Å².